The number of rotatable bonds is 6. The van der Waals surface area contributed by atoms with Gasteiger partial charge in [0, 0.05) is 30.4 Å². The van der Waals surface area contributed by atoms with E-state index >= 15 is 0 Å². The highest BCUT2D eigenvalue weighted by Gasteiger charge is 2.22. The second kappa shape index (κ2) is 8.27. The minimum absolute atomic E-state index is 0.308. The van der Waals surface area contributed by atoms with Crippen molar-refractivity contribution in [1.82, 2.24) is 10.3 Å². The Labute approximate surface area is 162 Å². The maximum atomic E-state index is 12.9. The van der Waals surface area contributed by atoms with Crippen LogP contribution in [0.1, 0.15) is 18.1 Å². The molecule has 2 amide bonds. The SMILES string of the molecule is COc1ccc(C#N)cc1NC(=O)C(Cc1c[nH]c2ccccc12)NC(C)=O. The number of carbonyl (C=O) groups excluding carboxylic acids is 2. The molecule has 28 heavy (non-hydrogen) atoms. The summed E-state index contributed by atoms with van der Waals surface area (Å²) in [4.78, 5) is 27.7. The molecular formula is C21H20N4O3. The quantitative estimate of drug-likeness (QED) is 0.615. The van der Waals surface area contributed by atoms with E-state index in [1.807, 2.05) is 36.5 Å². The lowest BCUT2D eigenvalue weighted by Gasteiger charge is -2.18. The van der Waals surface area contributed by atoms with Crippen LogP contribution >= 0.6 is 0 Å². The summed E-state index contributed by atoms with van der Waals surface area (Å²) in [6.07, 6.45) is 2.15. The number of H-pyrrole nitrogens is 1. The van der Waals surface area contributed by atoms with E-state index in [0.717, 1.165) is 16.5 Å². The van der Waals surface area contributed by atoms with Crippen LogP contribution in [0.4, 0.5) is 5.69 Å². The van der Waals surface area contributed by atoms with Gasteiger partial charge in [-0.05, 0) is 29.8 Å². The molecule has 0 bridgehead atoms. The molecule has 0 aliphatic rings. The second-order valence-corrected chi connectivity index (χ2v) is 6.33. The number of nitrogens with zero attached hydrogens (tertiary/aromatic N) is 1. The average Bonchev–Trinajstić information content (AvgIpc) is 3.10. The molecule has 3 aromatic rings. The third kappa shape index (κ3) is 4.13. The van der Waals surface area contributed by atoms with Crippen molar-refractivity contribution < 1.29 is 14.3 Å². The Bertz CT molecular complexity index is 1060. The normalized spacial score (nSPS) is 11.5. The van der Waals surface area contributed by atoms with Crippen molar-refractivity contribution in [3.8, 4) is 11.8 Å². The molecule has 0 aliphatic heterocycles. The maximum absolute atomic E-state index is 12.9. The highest BCUT2D eigenvalue weighted by molar-refractivity contribution is 5.98. The Morgan fingerprint density at radius 3 is 2.75 bits per heavy atom. The van der Waals surface area contributed by atoms with Crippen molar-refractivity contribution in [2.45, 2.75) is 19.4 Å². The van der Waals surface area contributed by atoms with Crippen molar-refractivity contribution >= 4 is 28.4 Å². The van der Waals surface area contributed by atoms with Crippen LogP contribution in [-0.2, 0) is 16.0 Å². The number of nitrogens with one attached hydrogen (secondary N) is 3. The van der Waals surface area contributed by atoms with E-state index in [9.17, 15) is 9.59 Å². The van der Waals surface area contributed by atoms with Crippen LogP contribution in [0.15, 0.2) is 48.7 Å². The van der Waals surface area contributed by atoms with E-state index in [2.05, 4.69) is 15.6 Å². The predicted octanol–water partition coefficient (Wildman–Crippen LogP) is 2.73. The first-order valence-corrected chi connectivity index (χ1v) is 8.73. The lowest BCUT2D eigenvalue weighted by Crippen LogP contribution is -2.44. The topological polar surface area (TPSA) is 107 Å². The standard InChI is InChI=1S/C21H20N4O3/c1-13(26)24-19(10-15-12-23-17-6-4-3-5-16(15)17)21(27)25-18-9-14(11-22)7-8-20(18)28-2/h3-9,12,19,23H,10H2,1-2H3,(H,24,26)(H,25,27). The number of methoxy groups -OCH3 is 1. The van der Waals surface area contributed by atoms with E-state index in [0.29, 0.717) is 23.4 Å². The molecule has 1 heterocycles. The molecule has 0 fully saturated rings. The lowest BCUT2D eigenvalue weighted by molar-refractivity contribution is -0.125. The number of aromatic amines is 1. The third-order valence-electron chi connectivity index (χ3n) is 4.38. The van der Waals surface area contributed by atoms with Crippen molar-refractivity contribution in [3.63, 3.8) is 0 Å². The van der Waals surface area contributed by atoms with Gasteiger partial charge < -0.3 is 20.4 Å². The fraction of sp³-hybridized carbons (Fsp3) is 0.190. The molecule has 0 radical (unpaired) electrons. The highest BCUT2D eigenvalue weighted by atomic mass is 16.5. The van der Waals surface area contributed by atoms with Gasteiger partial charge in [0.2, 0.25) is 11.8 Å². The lowest BCUT2D eigenvalue weighted by atomic mass is 10.0. The number of benzene rings is 2. The van der Waals surface area contributed by atoms with Gasteiger partial charge in [0.25, 0.3) is 0 Å². The molecule has 2 aromatic carbocycles. The molecule has 1 unspecified atom stereocenters. The summed E-state index contributed by atoms with van der Waals surface area (Å²) in [6, 6.07) is 13.8. The van der Waals surface area contributed by atoms with Gasteiger partial charge in [-0.15, -0.1) is 0 Å². The van der Waals surface area contributed by atoms with Crippen molar-refractivity contribution in [3.05, 3.63) is 59.8 Å². The molecule has 1 aromatic heterocycles. The van der Waals surface area contributed by atoms with Crippen LogP contribution in [0.3, 0.4) is 0 Å². The maximum Gasteiger partial charge on any atom is 0.247 e. The summed E-state index contributed by atoms with van der Waals surface area (Å²) in [7, 11) is 1.48. The highest BCUT2D eigenvalue weighted by Crippen LogP contribution is 2.26. The summed E-state index contributed by atoms with van der Waals surface area (Å²) in [6.45, 7) is 1.37. The van der Waals surface area contributed by atoms with Crippen molar-refractivity contribution in [2.24, 2.45) is 0 Å². The van der Waals surface area contributed by atoms with E-state index in [1.165, 1.54) is 20.1 Å². The fourth-order valence-corrected chi connectivity index (χ4v) is 3.07. The van der Waals surface area contributed by atoms with Gasteiger partial charge in [0.1, 0.15) is 11.8 Å². The van der Waals surface area contributed by atoms with Crippen LogP contribution in [0.5, 0.6) is 5.75 Å². The van der Waals surface area contributed by atoms with Gasteiger partial charge >= 0.3 is 0 Å². The van der Waals surface area contributed by atoms with Gasteiger partial charge in [-0.3, -0.25) is 9.59 Å². The Morgan fingerprint density at radius 2 is 2.04 bits per heavy atom. The molecule has 0 aliphatic carbocycles. The number of hydrogen-bond acceptors (Lipinski definition) is 4. The van der Waals surface area contributed by atoms with Crippen molar-refractivity contribution in [2.75, 3.05) is 12.4 Å². The van der Waals surface area contributed by atoms with Gasteiger partial charge in [0.15, 0.2) is 0 Å². The first-order chi connectivity index (χ1) is 13.5. The first kappa shape index (κ1) is 19.0. The van der Waals surface area contributed by atoms with E-state index in [-0.39, 0.29) is 5.91 Å². The number of nitriles is 1. The molecule has 1 atom stereocenters. The zero-order valence-electron chi connectivity index (χ0n) is 15.6. The Morgan fingerprint density at radius 1 is 1.25 bits per heavy atom. The van der Waals surface area contributed by atoms with E-state index in [1.54, 1.807) is 12.1 Å². The minimum Gasteiger partial charge on any atom is -0.495 e. The Kier molecular flexibility index (Phi) is 5.61. The third-order valence-corrected chi connectivity index (χ3v) is 4.38. The van der Waals surface area contributed by atoms with Crippen LogP contribution in [0.25, 0.3) is 10.9 Å². The number of ether oxygens (including phenoxy) is 1. The molecule has 0 spiro atoms. The van der Waals surface area contributed by atoms with Gasteiger partial charge in [0.05, 0.1) is 24.4 Å². The Hall–Kier alpha value is -3.79. The summed E-state index contributed by atoms with van der Waals surface area (Å²) in [5.74, 6) is -0.271. The van der Waals surface area contributed by atoms with Crippen molar-refractivity contribution in [1.29, 1.82) is 5.26 Å². The fourth-order valence-electron chi connectivity index (χ4n) is 3.07. The zero-order chi connectivity index (χ0) is 20.1. The molecule has 0 saturated carbocycles. The largest absolute Gasteiger partial charge is 0.495 e. The monoisotopic (exact) mass is 376 g/mol. The number of para-hydroxylation sites is 1. The summed E-state index contributed by atoms with van der Waals surface area (Å²) in [5, 5.41) is 15.6. The smallest absolute Gasteiger partial charge is 0.247 e. The number of carbonyl (C=O) groups is 2. The molecule has 7 heteroatoms. The van der Waals surface area contributed by atoms with Crippen LogP contribution in [0, 0.1) is 11.3 Å². The number of anilines is 1. The molecule has 142 valence electrons. The first-order valence-electron chi connectivity index (χ1n) is 8.73. The van der Waals surface area contributed by atoms with Crippen LogP contribution < -0.4 is 15.4 Å². The zero-order valence-corrected chi connectivity index (χ0v) is 15.6. The summed E-state index contributed by atoms with van der Waals surface area (Å²) >= 11 is 0. The summed E-state index contributed by atoms with van der Waals surface area (Å²) in [5.41, 5.74) is 2.65. The number of aromatic nitrogens is 1. The molecule has 7 nitrogen and oxygen atoms in total. The average molecular weight is 376 g/mol. The van der Waals surface area contributed by atoms with E-state index in [4.69, 9.17) is 10.00 Å². The second-order valence-electron chi connectivity index (χ2n) is 6.33. The molecular weight excluding hydrogens is 356 g/mol. The predicted molar refractivity (Wildman–Crippen MR) is 106 cm³/mol. The number of amides is 2. The molecule has 3 rings (SSSR count). The van der Waals surface area contributed by atoms with Gasteiger partial charge in [-0.2, -0.15) is 5.26 Å². The van der Waals surface area contributed by atoms with Crippen LogP contribution in [-0.4, -0.2) is 29.9 Å². The van der Waals surface area contributed by atoms with Crippen LogP contribution in [0.2, 0.25) is 0 Å². The Balaban J connectivity index is 1.86. The van der Waals surface area contributed by atoms with Gasteiger partial charge in [-0.1, -0.05) is 18.2 Å². The number of hydrogen-bond donors (Lipinski definition) is 3. The summed E-state index contributed by atoms with van der Waals surface area (Å²) < 4.78 is 5.25. The number of fused-ring (bicyclic) bond motifs is 1. The minimum atomic E-state index is -0.785. The van der Waals surface area contributed by atoms with Gasteiger partial charge in [-0.25, -0.2) is 0 Å². The van der Waals surface area contributed by atoms with E-state index < -0.39 is 11.9 Å². The molecule has 3 N–H and O–H groups in total. The molecule has 0 saturated heterocycles.